The second-order valence-electron chi connectivity index (χ2n) is 5.48. The Morgan fingerprint density at radius 3 is 3.00 bits per heavy atom. The molecule has 100 valence electrons. The highest BCUT2D eigenvalue weighted by molar-refractivity contribution is 5.36. The van der Waals surface area contributed by atoms with Crippen LogP contribution in [0.4, 0.5) is 0 Å². The number of benzene rings is 1. The Hall–Kier alpha value is -1.81. The lowest BCUT2D eigenvalue weighted by Gasteiger charge is -2.37. The number of ether oxygens (including phenoxy) is 1. The van der Waals surface area contributed by atoms with Crippen molar-refractivity contribution in [3.63, 3.8) is 0 Å². The van der Waals surface area contributed by atoms with E-state index >= 15 is 0 Å². The largest absolute Gasteiger partial charge is 0.493 e. The van der Waals surface area contributed by atoms with Crippen molar-refractivity contribution in [3.8, 4) is 5.75 Å². The lowest BCUT2D eigenvalue weighted by molar-refractivity contribution is 0.126. The summed E-state index contributed by atoms with van der Waals surface area (Å²) in [6.45, 7) is 1.30. The molecule has 4 nitrogen and oxygen atoms in total. The molecule has 1 unspecified atom stereocenters. The molecule has 0 saturated heterocycles. The Bertz CT molecular complexity index is 578. The van der Waals surface area contributed by atoms with Gasteiger partial charge in [-0.25, -0.2) is 0 Å². The van der Waals surface area contributed by atoms with E-state index in [-0.39, 0.29) is 5.41 Å². The van der Waals surface area contributed by atoms with Crippen molar-refractivity contribution in [2.24, 2.45) is 18.2 Å². The molecular formula is C15H19N3O. The molecule has 0 spiro atoms. The fraction of sp³-hybridized carbons (Fsp3) is 0.400. The molecule has 0 fully saturated rings. The van der Waals surface area contributed by atoms with Crippen LogP contribution >= 0.6 is 0 Å². The molecule has 0 amide bonds. The predicted octanol–water partition coefficient (Wildman–Crippen LogP) is 1.54. The van der Waals surface area contributed by atoms with Crippen LogP contribution in [0.1, 0.15) is 11.1 Å². The summed E-state index contributed by atoms with van der Waals surface area (Å²) >= 11 is 0. The fourth-order valence-electron chi connectivity index (χ4n) is 2.79. The van der Waals surface area contributed by atoms with Gasteiger partial charge in [-0.1, -0.05) is 18.2 Å². The predicted molar refractivity (Wildman–Crippen MR) is 74.0 cm³/mol. The standard InChI is InChI=1S/C15H19N3O/c1-18-9-12(8-17-18)6-15(10-16)7-13-4-2-3-5-14(13)19-11-15/h2-5,8-9H,6-7,10-11,16H2,1H3. The molecule has 2 N–H and O–H groups in total. The van der Waals surface area contributed by atoms with Crippen LogP contribution in [0, 0.1) is 5.41 Å². The van der Waals surface area contributed by atoms with Gasteiger partial charge in [0.15, 0.2) is 0 Å². The van der Waals surface area contributed by atoms with Crippen LogP contribution in [0.3, 0.4) is 0 Å². The number of hydrogen-bond acceptors (Lipinski definition) is 3. The summed E-state index contributed by atoms with van der Waals surface area (Å²) in [6, 6.07) is 8.22. The molecule has 0 aliphatic carbocycles. The fourth-order valence-corrected chi connectivity index (χ4v) is 2.79. The van der Waals surface area contributed by atoms with Gasteiger partial charge in [-0.3, -0.25) is 4.68 Å². The molecule has 1 atom stereocenters. The summed E-state index contributed by atoms with van der Waals surface area (Å²) in [5.74, 6) is 0.998. The topological polar surface area (TPSA) is 53.1 Å². The summed E-state index contributed by atoms with van der Waals surface area (Å²) in [5.41, 5.74) is 8.50. The number of rotatable bonds is 3. The minimum atomic E-state index is -0.0165. The van der Waals surface area contributed by atoms with E-state index in [9.17, 15) is 0 Å². The van der Waals surface area contributed by atoms with E-state index in [1.165, 1.54) is 11.1 Å². The minimum absolute atomic E-state index is 0.0165. The zero-order chi connectivity index (χ0) is 13.3. The summed E-state index contributed by atoms with van der Waals surface area (Å²) in [5, 5.41) is 4.23. The molecule has 1 aliphatic rings. The molecule has 1 aromatic carbocycles. The van der Waals surface area contributed by atoms with Crippen molar-refractivity contribution in [1.29, 1.82) is 0 Å². The first-order valence-electron chi connectivity index (χ1n) is 6.59. The van der Waals surface area contributed by atoms with E-state index in [2.05, 4.69) is 23.4 Å². The van der Waals surface area contributed by atoms with Crippen LogP contribution in [0.25, 0.3) is 0 Å². The van der Waals surface area contributed by atoms with Crippen LogP contribution in [0.15, 0.2) is 36.7 Å². The van der Waals surface area contributed by atoms with E-state index in [0.717, 1.165) is 18.6 Å². The van der Waals surface area contributed by atoms with E-state index in [0.29, 0.717) is 13.2 Å². The Morgan fingerprint density at radius 2 is 2.26 bits per heavy atom. The lowest BCUT2D eigenvalue weighted by Crippen LogP contribution is -2.43. The molecule has 1 aromatic heterocycles. The van der Waals surface area contributed by atoms with Gasteiger partial charge in [-0.05, 0) is 30.0 Å². The number of para-hydroxylation sites is 1. The Morgan fingerprint density at radius 1 is 1.42 bits per heavy atom. The minimum Gasteiger partial charge on any atom is -0.493 e. The highest BCUT2D eigenvalue weighted by Gasteiger charge is 2.35. The monoisotopic (exact) mass is 257 g/mol. The maximum Gasteiger partial charge on any atom is 0.122 e. The Balaban J connectivity index is 1.85. The molecule has 1 aliphatic heterocycles. The summed E-state index contributed by atoms with van der Waals surface area (Å²) < 4.78 is 7.73. The maximum absolute atomic E-state index is 6.04. The normalized spacial score (nSPS) is 21.8. The van der Waals surface area contributed by atoms with Gasteiger partial charge in [0.25, 0.3) is 0 Å². The van der Waals surface area contributed by atoms with Gasteiger partial charge in [0.1, 0.15) is 5.75 Å². The second-order valence-corrected chi connectivity index (χ2v) is 5.48. The van der Waals surface area contributed by atoms with Gasteiger partial charge in [-0.15, -0.1) is 0 Å². The summed E-state index contributed by atoms with van der Waals surface area (Å²) in [7, 11) is 1.94. The van der Waals surface area contributed by atoms with Crippen molar-refractivity contribution in [2.75, 3.05) is 13.2 Å². The molecular weight excluding hydrogens is 238 g/mol. The number of aryl methyl sites for hydroxylation is 1. The summed E-state index contributed by atoms with van der Waals surface area (Å²) in [6.07, 6.45) is 5.84. The molecule has 2 aromatic rings. The zero-order valence-corrected chi connectivity index (χ0v) is 11.2. The highest BCUT2D eigenvalue weighted by Crippen LogP contribution is 2.36. The quantitative estimate of drug-likeness (QED) is 0.907. The SMILES string of the molecule is Cn1cc(CC2(CN)COc3ccccc3C2)cn1. The third kappa shape index (κ3) is 2.36. The zero-order valence-electron chi connectivity index (χ0n) is 11.2. The van der Waals surface area contributed by atoms with Crippen molar-refractivity contribution in [3.05, 3.63) is 47.8 Å². The number of hydrogen-bond donors (Lipinski definition) is 1. The first-order chi connectivity index (χ1) is 9.21. The van der Waals surface area contributed by atoms with Crippen LogP contribution in [0.5, 0.6) is 5.75 Å². The van der Waals surface area contributed by atoms with Crippen LogP contribution < -0.4 is 10.5 Å². The van der Waals surface area contributed by atoms with Gasteiger partial charge < -0.3 is 10.5 Å². The van der Waals surface area contributed by atoms with Crippen molar-refractivity contribution in [1.82, 2.24) is 9.78 Å². The number of nitrogens with zero attached hydrogens (tertiary/aromatic N) is 2. The molecule has 2 heterocycles. The number of aromatic nitrogens is 2. The average Bonchev–Trinajstić information content (AvgIpc) is 2.84. The average molecular weight is 257 g/mol. The van der Waals surface area contributed by atoms with Crippen molar-refractivity contribution in [2.45, 2.75) is 12.8 Å². The van der Waals surface area contributed by atoms with Gasteiger partial charge in [0.05, 0.1) is 12.8 Å². The molecule has 4 heteroatoms. The van der Waals surface area contributed by atoms with E-state index in [1.54, 1.807) is 0 Å². The van der Waals surface area contributed by atoms with E-state index in [4.69, 9.17) is 10.5 Å². The van der Waals surface area contributed by atoms with Crippen molar-refractivity contribution >= 4 is 0 Å². The number of nitrogens with two attached hydrogens (primary N) is 1. The van der Waals surface area contributed by atoms with Crippen molar-refractivity contribution < 1.29 is 4.74 Å². The first-order valence-corrected chi connectivity index (χ1v) is 6.59. The molecule has 0 bridgehead atoms. The number of fused-ring (bicyclic) bond motifs is 1. The van der Waals surface area contributed by atoms with Gasteiger partial charge in [0.2, 0.25) is 0 Å². The van der Waals surface area contributed by atoms with E-state index in [1.807, 2.05) is 30.1 Å². The molecule has 0 radical (unpaired) electrons. The van der Waals surface area contributed by atoms with Gasteiger partial charge in [-0.2, -0.15) is 5.10 Å². The highest BCUT2D eigenvalue weighted by atomic mass is 16.5. The third-order valence-electron chi connectivity index (χ3n) is 3.84. The van der Waals surface area contributed by atoms with Crippen LogP contribution in [-0.2, 0) is 19.9 Å². The maximum atomic E-state index is 6.04. The van der Waals surface area contributed by atoms with E-state index < -0.39 is 0 Å². The second kappa shape index (κ2) is 4.70. The molecule has 3 rings (SSSR count). The summed E-state index contributed by atoms with van der Waals surface area (Å²) in [4.78, 5) is 0. The van der Waals surface area contributed by atoms with Crippen LogP contribution in [0.2, 0.25) is 0 Å². The van der Waals surface area contributed by atoms with Gasteiger partial charge >= 0.3 is 0 Å². The molecule has 0 saturated carbocycles. The smallest absolute Gasteiger partial charge is 0.122 e. The van der Waals surface area contributed by atoms with Crippen LogP contribution in [-0.4, -0.2) is 22.9 Å². The van der Waals surface area contributed by atoms with Gasteiger partial charge in [0, 0.05) is 25.2 Å². The molecule has 19 heavy (non-hydrogen) atoms. The first kappa shape index (κ1) is 12.2. The Kier molecular flexibility index (Phi) is 3.03. The lowest BCUT2D eigenvalue weighted by atomic mass is 9.76. The third-order valence-corrected chi connectivity index (χ3v) is 3.84. The Labute approximate surface area is 113 Å².